The molecule has 0 radical (unpaired) electrons. The highest BCUT2D eigenvalue weighted by atomic mass is 16.6. The summed E-state index contributed by atoms with van der Waals surface area (Å²) in [6.45, 7) is 5.03. The Hall–Kier alpha value is -0.120. The van der Waals surface area contributed by atoms with Gasteiger partial charge in [0.1, 0.15) is 0 Å². The van der Waals surface area contributed by atoms with Crippen LogP contribution in [-0.4, -0.2) is 24.4 Å². The third kappa shape index (κ3) is 6.28. The van der Waals surface area contributed by atoms with E-state index in [2.05, 4.69) is 19.3 Å². The zero-order chi connectivity index (χ0) is 8.53. The maximum absolute atomic E-state index is 8.44. The maximum atomic E-state index is 8.44. The molecule has 0 saturated heterocycles. The summed E-state index contributed by atoms with van der Waals surface area (Å²) in [7, 11) is 0. The molecule has 3 heteroatoms. The zero-order valence-electron chi connectivity index (χ0n) is 7.47. The molecule has 68 valence electrons. The molecule has 0 aliphatic heterocycles. The van der Waals surface area contributed by atoms with Crippen molar-refractivity contribution >= 4 is 0 Å². The Bertz CT molecular complexity index is 74.5. The third-order valence-electron chi connectivity index (χ3n) is 1.64. The van der Waals surface area contributed by atoms with E-state index in [4.69, 9.17) is 9.94 Å². The van der Waals surface area contributed by atoms with E-state index in [1.807, 2.05) is 0 Å². The highest BCUT2D eigenvalue weighted by Crippen LogP contribution is 1.95. The second kappa shape index (κ2) is 7.98. The molecule has 0 aliphatic rings. The van der Waals surface area contributed by atoms with E-state index in [0.29, 0.717) is 19.1 Å². The molecule has 0 unspecified atom stereocenters. The lowest BCUT2D eigenvalue weighted by atomic mass is 10.2. The zero-order valence-corrected chi connectivity index (χ0v) is 7.47. The number of aliphatic hydroxyl groups is 1. The first kappa shape index (κ1) is 10.9. The van der Waals surface area contributed by atoms with Gasteiger partial charge in [0.15, 0.2) is 0 Å². The molecule has 0 aromatic carbocycles. The van der Waals surface area contributed by atoms with E-state index in [9.17, 15) is 0 Å². The summed E-state index contributed by atoms with van der Waals surface area (Å²) < 4.78 is 0. The molecule has 0 bridgehead atoms. The molecule has 0 aromatic rings. The number of aliphatic hydroxyl groups excluding tert-OH is 1. The predicted octanol–water partition coefficient (Wildman–Crippen LogP) is 1.08. The highest BCUT2D eigenvalue weighted by Gasteiger charge is 2.00. The summed E-state index contributed by atoms with van der Waals surface area (Å²) >= 11 is 0. The Morgan fingerprint density at radius 2 is 2.00 bits per heavy atom. The summed E-state index contributed by atoms with van der Waals surface area (Å²) in [5.74, 6) is 0. The van der Waals surface area contributed by atoms with Crippen molar-refractivity contribution in [3.05, 3.63) is 0 Å². The van der Waals surface area contributed by atoms with E-state index in [1.165, 1.54) is 0 Å². The molecule has 0 atom stereocenters. The fourth-order valence-corrected chi connectivity index (χ4v) is 0.769. The quantitative estimate of drug-likeness (QED) is 0.433. The smallest absolute Gasteiger partial charge is 0.0704 e. The van der Waals surface area contributed by atoms with Gasteiger partial charge in [-0.2, -0.15) is 5.48 Å². The van der Waals surface area contributed by atoms with Crippen LogP contribution in [0.5, 0.6) is 0 Å². The van der Waals surface area contributed by atoms with Crippen molar-refractivity contribution in [2.45, 2.75) is 39.2 Å². The summed E-state index contributed by atoms with van der Waals surface area (Å²) in [4.78, 5) is 5.11. The van der Waals surface area contributed by atoms with Crippen molar-refractivity contribution in [1.82, 2.24) is 5.48 Å². The van der Waals surface area contributed by atoms with Crippen LogP contribution in [0.3, 0.4) is 0 Å². The van der Waals surface area contributed by atoms with Gasteiger partial charge in [-0.05, 0) is 19.3 Å². The third-order valence-corrected chi connectivity index (χ3v) is 1.64. The second-order valence-corrected chi connectivity index (χ2v) is 2.56. The van der Waals surface area contributed by atoms with Crippen LogP contribution in [0.15, 0.2) is 0 Å². The minimum atomic E-state index is 0.199. The average molecular weight is 161 g/mol. The Morgan fingerprint density at radius 1 is 1.36 bits per heavy atom. The van der Waals surface area contributed by atoms with E-state index in [0.717, 1.165) is 12.8 Å². The molecular weight excluding hydrogens is 142 g/mol. The van der Waals surface area contributed by atoms with Crippen molar-refractivity contribution in [2.24, 2.45) is 0 Å². The fraction of sp³-hybridized carbons (Fsp3) is 1.00. The number of hydrogen-bond acceptors (Lipinski definition) is 3. The lowest BCUT2D eigenvalue weighted by Crippen LogP contribution is -2.28. The van der Waals surface area contributed by atoms with Crippen LogP contribution in [0.4, 0.5) is 0 Å². The largest absolute Gasteiger partial charge is 0.396 e. The summed E-state index contributed by atoms with van der Waals surface area (Å²) in [6, 6.07) is 0.452. The van der Waals surface area contributed by atoms with Crippen molar-refractivity contribution in [1.29, 1.82) is 0 Å². The number of nitrogens with one attached hydrogen (secondary N) is 1. The SMILES string of the molecule is CCC(CC)NOCCCO. The van der Waals surface area contributed by atoms with Gasteiger partial charge in [-0.1, -0.05) is 13.8 Å². The molecule has 0 heterocycles. The molecule has 0 saturated carbocycles. The summed E-state index contributed by atoms with van der Waals surface area (Å²) in [5.41, 5.74) is 2.94. The molecule has 0 spiro atoms. The first-order valence-corrected chi connectivity index (χ1v) is 4.33. The van der Waals surface area contributed by atoms with Crippen molar-refractivity contribution in [2.75, 3.05) is 13.2 Å². The molecule has 3 nitrogen and oxygen atoms in total. The molecule has 0 aromatic heterocycles. The van der Waals surface area contributed by atoms with Gasteiger partial charge >= 0.3 is 0 Å². The van der Waals surface area contributed by atoms with Gasteiger partial charge in [0, 0.05) is 12.6 Å². The van der Waals surface area contributed by atoms with Crippen LogP contribution >= 0.6 is 0 Å². The number of hydroxylamine groups is 1. The summed E-state index contributed by atoms with van der Waals surface area (Å²) in [5, 5.41) is 8.44. The van der Waals surface area contributed by atoms with Gasteiger partial charge in [-0.3, -0.25) is 0 Å². The minimum Gasteiger partial charge on any atom is -0.396 e. The van der Waals surface area contributed by atoms with Crippen LogP contribution in [0.1, 0.15) is 33.1 Å². The predicted molar refractivity (Wildman–Crippen MR) is 45.2 cm³/mol. The Balaban J connectivity index is 3.07. The first-order chi connectivity index (χ1) is 5.35. The van der Waals surface area contributed by atoms with Gasteiger partial charge in [0.2, 0.25) is 0 Å². The molecule has 0 amide bonds. The standard InChI is InChI=1S/C8H19NO2/c1-3-8(4-2)9-11-7-5-6-10/h8-10H,3-7H2,1-2H3. The number of rotatable bonds is 7. The van der Waals surface area contributed by atoms with Crippen LogP contribution in [0.2, 0.25) is 0 Å². The van der Waals surface area contributed by atoms with Crippen molar-refractivity contribution < 1.29 is 9.94 Å². The van der Waals surface area contributed by atoms with E-state index in [1.54, 1.807) is 0 Å². The normalized spacial score (nSPS) is 10.9. The second-order valence-electron chi connectivity index (χ2n) is 2.56. The van der Waals surface area contributed by atoms with Crippen LogP contribution in [0.25, 0.3) is 0 Å². The molecule has 0 fully saturated rings. The molecule has 11 heavy (non-hydrogen) atoms. The molecule has 0 aliphatic carbocycles. The summed E-state index contributed by atoms with van der Waals surface area (Å²) in [6.07, 6.45) is 2.86. The van der Waals surface area contributed by atoms with Crippen LogP contribution in [0, 0.1) is 0 Å². The van der Waals surface area contributed by atoms with Crippen LogP contribution in [-0.2, 0) is 4.84 Å². The lowest BCUT2D eigenvalue weighted by Gasteiger charge is -2.13. The van der Waals surface area contributed by atoms with E-state index >= 15 is 0 Å². The number of hydrogen-bond donors (Lipinski definition) is 2. The van der Waals surface area contributed by atoms with E-state index < -0.39 is 0 Å². The topological polar surface area (TPSA) is 41.5 Å². The minimum absolute atomic E-state index is 0.199. The van der Waals surface area contributed by atoms with Gasteiger partial charge in [-0.25, -0.2) is 0 Å². The van der Waals surface area contributed by atoms with Gasteiger partial charge in [0.05, 0.1) is 6.61 Å². The van der Waals surface area contributed by atoms with Gasteiger partial charge < -0.3 is 9.94 Å². The monoisotopic (exact) mass is 161 g/mol. The molecule has 0 rings (SSSR count). The van der Waals surface area contributed by atoms with Gasteiger partial charge in [0.25, 0.3) is 0 Å². The van der Waals surface area contributed by atoms with Crippen LogP contribution < -0.4 is 5.48 Å². The Kier molecular flexibility index (Phi) is 7.89. The Morgan fingerprint density at radius 3 is 2.45 bits per heavy atom. The first-order valence-electron chi connectivity index (χ1n) is 4.33. The fourth-order valence-electron chi connectivity index (χ4n) is 0.769. The lowest BCUT2D eigenvalue weighted by molar-refractivity contribution is 0.00737. The molecule has 2 N–H and O–H groups in total. The molecular formula is C8H19NO2. The van der Waals surface area contributed by atoms with Crippen molar-refractivity contribution in [3.63, 3.8) is 0 Å². The van der Waals surface area contributed by atoms with E-state index in [-0.39, 0.29) is 6.61 Å². The Labute approximate surface area is 68.7 Å². The van der Waals surface area contributed by atoms with Gasteiger partial charge in [-0.15, -0.1) is 0 Å². The van der Waals surface area contributed by atoms with Crippen molar-refractivity contribution in [3.8, 4) is 0 Å². The average Bonchev–Trinajstić information content (AvgIpc) is 2.05. The maximum Gasteiger partial charge on any atom is 0.0704 e. The highest BCUT2D eigenvalue weighted by molar-refractivity contribution is 4.54.